The smallest absolute Gasteiger partial charge is 0.279 e. The average Bonchev–Trinajstić information content (AvgIpc) is 2.43. The molecule has 1 aromatic carbocycles. The summed E-state index contributed by atoms with van der Waals surface area (Å²) in [5.74, 6) is 0. The quantitative estimate of drug-likeness (QED) is 0.500. The fourth-order valence-corrected chi connectivity index (χ4v) is 2.07. The van der Waals surface area contributed by atoms with Crippen LogP contribution in [-0.2, 0) is 0 Å². The summed E-state index contributed by atoms with van der Waals surface area (Å²) in [4.78, 5) is 13.5. The number of aryl methyl sites for hydroxylation is 1. The summed E-state index contributed by atoms with van der Waals surface area (Å²) < 4.78 is 0.951. The maximum Gasteiger partial charge on any atom is 0.279 e. The summed E-state index contributed by atoms with van der Waals surface area (Å²) in [7, 11) is 0. The largest absolute Gasteiger partial charge is 0.350 e. The first-order valence-corrected chi connectivity index (χ1v) is 5.10. The first-order valence-electron chi connectivity index (χ1n) is 4.02. The molecule has 0 amide bonds. The van der Waals surface area contributed by atoms with E-state index >= 15 is 0 Å². The van der Waals surface area contributed by atoms with Crippen molar-refractivity contribution in [2.45, 2.75) is 6.92 Å². The number of benzene rings is 1. The zero-order valence-electron chi connectivity index (χ0n) is 7.37. The van der Waals surface area contributed by atoms with Gasteiger partial charge in [-0.1, -0.05) is 6.07 Å². The molecular formula is C9H7IN2O2. The van der Waals surface area contributed by atoms with Crippen molar-refractivity contribution in [2.75, 3.05) is 0 Å². The number of nitrogens with zero attached hydrogens (tertiary/aromatic N) is 1. The van der Waals surface area contributed by atoms with Crippen LogP contribution in [0.2, 0.25) is 0 Å². The Balaban J connectivity index is 2.91. The zero-order chi connectivity index (χ0) is 10.3. The number of H-pyrrole nitrogens is 1. The summed E-state index contributed by atoms with van der Waals surface area (Å²) in [5, 5.41) is 11.5. The van der Waals surface area contributed by atoms with Crippen molar-refractivity contribution in [3.05, 3.63) is 37.6 Å². The number of rotatable bonds is 1. The molecular weight excluding hydrogens is 295 g/mol. The molecule has 0 aliphatic rings. The number of nitro groups is 1. The minimum Gasteiger partial charge on any atom is -0.350 e. The van der Waals surface area contributed by atoms with Crippen LogP contribution in [0.15, 0.2) is 18.2 Å². The third kappa shape index (κ3) is 1.28. The van der Waals surface area contributed by atoms with Crippen LogP contribution in [0.1, 0.15) is 5.56 Å². The van der Waals surface area contributed by atoms with Gasteiger partial charge in [0.05, 0.1) is 19.5 Å². The molecule has 0 spiro atoms. The molecule has 4 nitrogen and oxygen atoms in total. The highest BCUT2D eigenvalue weighted by molar-refractivity contribution is 14.1. The van der Waals surface area contributed by atoms with Crippen molar-refractivity contribution in [1.82, 2.24) is 4.98 Å². The lowest BCUT2D eigenvalue weighted by molar-refractivity contribution is -0.383. The van der Waals surface area contributed by atoms with Crippen molar-refractivity contribution in [2.24, 2.45) is 0 Å². The number of non-ortho nitro benzene ring substituents is 1. The second kappa shape index (κ2) is 3.23. The Morgan fingerprint density at radius 2 is 2.21 bits per heavy atom. The van der Waals surface area contributed by atoms with Gasteiger partial charge in [0.25, 0.3) is 5.69 Å². The van der Waals surface area contributed by atoms with E-state index in [2.05, 4.69) is 27.6 Å². The lowest BCUT2D eigenvalue weighted by atomic mass is 10.1. The molecule has 2 aromatic rings. The van der Waals surface area contributed by atoms with Gasteiger partial charge in [-0.05, 0) is 41.1 Å². The molecule has 0 aliphatic carbocycles. The molecule has 14 heavy (non-hydrogen) atoms. The predicted molar refractivity (Wildman–Crippen MR) is 62.4 cm³/mol. The van der Waals surface area contributed by atoms with Crippen LogP contribution in [-0.4, -0.2) is 9.91 Å². The molecule has 0 unspecified atom stereocenters. The lowest BCUT2D eigenvalue weighted by Gasteiger charge is -1.94. The van der Waals surface area contributed by atoms with Crippen LogP contribution < -0.4 is 0 Å². The van der Waals surface area contributed by atoms with Gasteiger partial charge in [0.15, 0.2) is 0 Å². The van der Waals surface area contributed by atoms with Gasteiger partial charge in [0.1, 0.15) is 0 Å². The molecule has 0 fully saturated rings. The van der Waals surface area contributed by atoms with Gasteiger partial charge >= 0.3 is 0 Å². The third-order valence-corrected chi connectivity index (χ3v) is 3.27. The maximum absolute atomic E-state index is 10.8. The van der Waals surface area contributed by atoms with E-state index in [1.807, 2.05) is 13.0 Å². The number of aromatic amines is 1. The summed E-state index contributed by atoms with van der Waals surface area (Å²) in [6, 6.07) is 5.06. The van der Waals surface area contributed by atoms with Gasteiger partial charge in [-0.25, -0.2) is 0 Å². The van der Waals surface area contributed by atoms with E-state index in [1.165, 1.54) is 6.07 Å². The van der Waals surface area contributed by atoms with Crippen LogP contribution in [0.4, 0.5) is 5.69 Å². The van der Waals surface area contributed by atoms with Crippen molar-refractivity contribution >= 4 is 39.2 Å². The first-order chi connectivity index (χ1) is 6.61. The lowest BCUT2D eigenvalue weighted by Crippen LogP contribution is -1.88. The van der Waals surface area contributed by atoms with Gasteiger partial charge in [-0.15, -0.1) is 0 Å². The maximum atomic E-state index is 10.8. The Labute approximate surface area is 93.6 Å². The van der Waals surface area contributed by atoms with E-state index in [0.717, 1.165) is 14.8 Å². The van der Waals surface area contributed by atoms with Gasteiger partial charge < -0.3 is 4.98 Å². The van der Waals surface area contributed by atoms with Crippen LogP contribution in [0.3, 0.4) is 0 Å². The third-order valence-electron chi connectivity index (χ3n) is 2.19. The number of halogens is 1. The number of nitro benzene ring substituents is 1. The normalized spacial score (nSPS) is 10.7. The van der Waals surface area contributed by atoms with E-state index < -0.39 is 0 Å². The molecule has 72 valence electrons. The topological polar surface area (TPSA) is 58.9 Å². The van der Waals surface area contributed by atoms with E-state index in [1.54, 1.807) is 6.07 Å². The van der Waals surface area contributed by atoms with Crippen molar-refractivity contribution in [3.8, 4) is 0 Å². The van der Waals surface area contributed by atoms with Crippen LogP contribution in [0.25, 0.3) is 10.9 Å². The van der Waals surface area contributed by atoms with E-state index in [9.17, 15) is 10.1 Å². The Morgan fingerprint density at radius 3 is 2.86 bits per heavy atom. The minimum atomic E-state index is -0.348. The Kier molecular flexibility index (Phi) is 2.18. The Bertz CT molecular complexity index is 519. The van der Waals surface area contributed by atoms with Crippen molar-refractivity contribution < 1.29 is 4.92 Å². The van der Waals surface area contributed by atoms with Crippen LogP contribution >= 0.6 is 22.6 Å². The average molecular weight is 302 g/mol. The molecule has 0 saturated heterocycles. The second-order valence-corrected chi connectivity index (χ2v) is 4.10. The Hall–Kier alpha value is -1.11. The molecule has 5 heteroatoms. The van der Waals surface area contributed by atoms with Gasteiger partial charge in [0.2, 0.25) is 0 Å². The summed E-state index contributed by atoms with van der Waals surface area (Å²) in [6.45, 7) is 1.88. The van der Waals surface area contributed by atoms with Crippen LogP contribution in [0, 0.1) is 20.7 Å². The molecule has 1 heterocycles. The first kappa shape index (κ1) is 9.45. The zero-order valence-corrected chi connectivity index (χ0v) is 9.53. The molecule has 0 saturated carbocycles. The number of hydrogen-bond acceptors (Lipinski definition) is 2. The Morgan fingerprint density at radius 1 is 1.50 bits per heavy atom. The van der Waals surface area contributed by atoms with Gasteiger partial charge in [0, 0.05) is 6.07 Å². The van der Waals surface area contributed by atoms with E-state index in [0.29, 0.717) is 5.39 Å². The second-order valence-electron chi connectivity index (χ2n) is 3.02. The summed E-state index contributed by atoms with van der Waals surface area (Å²) in [5.41, 5.74) is 1.92. The van der Waals surface area contributed by atoms with Crippen molar-refractivity contribution in [1.29, 1.82) is 0 Å². The monoisotopic (exact) mass is 302 g/mol. The minimum absolute atomic E-state index is 0.166. The van der Waals surface area contributed by atoms with E-state index in [4.69, 9.17) is 0 Å². The summed E-state index contributed by atoms with van der Waals surface area (Å²) in [6.07, 6.45) is 0. The molecule has 1 aromatic heterocycles. The van der Waals surface area contributed by atoms with Crippen molar-refractivity contribution in [3.63, 3.8) is 0 Å². The SMILES string of the molecule is Cc1c(I)[nH]c2cccc([N+](=O)[O-])c12. The van der Waals surface area contributed by atoms with E-state index in [-0.39, 0.29) is 10.6 Å². The molecule has 1 N–H and O–H groups in total. The number of fused-ring (bicyclic) bond motifs is 1. The predicted octanol–water partition coefficient (Wildman–Crippen LogP) is 2.99. The van der Waals surface area contributed by atoms with Gasteiger partial charge in [-0.2, -0.15) is 0 Å². The number of aromatic nitrogens is 1. The van der Waals surface area contributed by atoms with Crippen LogP contribution in [0.5, 0.6) is 0 Å². The molecule has 0 aliphatic heterocycles. The number of hydrogen-bond donors (Lipinski definition) is 1. The molecule has 0 bridgehead atoms. The highest BCUT2D eigenvalue weighted by Gasteiger charge is 2.16. The highest BCUT2D eigenvalue weighted by Crippen LogP contribution is 2.30. The molecule has 2 rings (SSSR count). The molecule has 0 atom stereocenters. The fraction of sp³-hybridized carbons (Fsp3) is 0.111. The summed E-state index contributed by atoms with van der Waals surface area (Å²) >= 11 is 2.14. The standard InChI is InChI=1S/C9H7IN2O2/c1-5-8-6(11-9(5)10)3-2-4-7(8)12(13)14/h2-4,11H,1H3. The highest BCUT2D eigenvalue weighted by atomic mass is 127. The number of nitrogens with one attached hydrogen (secondary N) is 1. The fourth-order valence-electron chi connectivity index (χ4n) is 1.51. The molecule has 0 radical (unpaired) electrons. The van der Waals surface area contributed by atoms with Gasteiger partial charge in [-0.3, -0.25) is 10.1 Å².